The Hall–Kier alpha value is -3.13. The Morgan fingerprint density at radius 1 is 1.16 bits per heavy atom. The fraction of sp³-hybridized carbons (Fsp3) is 0.435. The van der Waals surface area contributed by atoms with Crippen molar-refractivity contribution in [1.29, 1.82) is 0 Å². The maximum absolute atomic E-state index is 12.9. The summed E-state index contributed by atoms with van der Waals surface area (Å²) in [5.41, 5.74) is 2.50. The van der Waals surface area contributed by atoms with Gasteiger partial charge in [0.05, 0.1) is 12.2 Å². The summed E-state index contributed by atoms with van der Waals surface area (Å²) in [4.78, 5) is 41.1. The Balaban J connectivity index is 1.39. The van der Waals surface area contributed by atoms with Crippen LogP contribution in [0.5, 0.6) is 5.75 Å². The molecule has 1 atom stereocenters. The molecule has 0 spiro atoms. The fourth-order valence-corrected chi connectivity index (χ4v) is 4.07. The Labute approximate surface area is 181 Å². The second-order valence-corrected chi connectivity index (χ2v) is 8.23. The van der Waals surface area contributed by atoms with Crippen LogP contribution in [-0.4, -0.2) is 65.5 Å². The highest BCUT2D eigenvalue weighted by atomic mass is 16.5. The summed E-state index contributed by atoms with van der Waals surface area (Å²) in [6, 6.07) is 8.54. The third-order valence-electron chi connectivity index (χ3n) is 6.01. The maximum Gasteiger partial charge on any atom is 0.255 e. The molecule has 31 heavy (non-hydrogen) atoms. The molecule has 1 saturated heterocycles. The van der Waals surface area contributed by atoms with Gasteiger partial charge in [0.15, 0.2) is 0 Å². The number of pyridine rings is 1. The normalized spacial score (nSPS) is 18.8. The number of nitrogens with one attached hydrogen (secondary N) is 1. The predicted molar refractivity (Wildman–Crippen MR) is 116 cm³/mol. The molecule has 8 heteroatoms. The summed E-state index contributed by atoms with van der Waals surface area (Å²) in [5.74, 6) is 0.659. The number of hydrogen-bond acceptors (Lipinski definition) is 5. The molecule has 1 aromatic carbocycles. The molecule has 0 unspecified atom stereocenters. The van der Waals surface area contributed by atoms with E-state index in [2.05, 4.69) is 11.4 Å². The summed E-state index contributed by atoms with van der Waals surface area (Å²) in [6.45, 7) is 2.64. The van der Waals surface area contributed by atoms with Crippen molar-refractivity contribution >= 4 is 11.8 Å². The standard InChI is InChI=1S/C23H28N4O4/c1-25-9-10-27(23(30)18-6-8-21(28)26(2)14-18)15-19(25)22(29)24-13-16-5-7-20-17(12-16)4-3-11-31-20/h5-8,12,14,19H,3-4,9-11,13,15H2,1-2H3,(H,24,29)/t19-/m0/s1. The number of aromatic nitrogens is 1. The Morgan fingerprint density at radius 3 is 2.81 bits per heavy atom. The molecule has 0 saturated carbocycles. The highest BCUT2D eigenvalue weighted by Crippen LogP contribution is 2.25. The summed E-state index contributed by atoms with van der Waals surface area (Å²) in [5, 5.41) is 3.02. The summed E-state index contributed by atoms with van der Waals surface area (Å²) >= 11 is 0. The molecule has 1 aromatic heterocycles. The number of carbonyl (C=O) groups is 2. The van der Waals surface area contributed by atoms with Gasteiger partial charge in [0.2, 0.25) is 11.5 Å². The second-order valence-electron chi connectivity index (χ2n) is 8.23. The summed E-state index contributed by atoms with van der Waals surface area (Å²) in [7, 11) is 3.51. The van der Waals surface area contributed by atoms with E-state index in [1.165, 1.54) is 28.5 Å². The van der Waals surface area contributed by atoms with Gasteiger partial charge in [-0.3, -0.25) is 19.3 Å². The van der Waals surface area contributed by atoms with Crippen molar-refractivity contribution in [1.82, 2.24) is 19.7 Å². The first-order valence-electron chi connectivity index (χ1n) is 10.6. The van der Waals surface area contributed by atoms with Gasteiger partial charge in [-0.25, -0.2) is 0 Å². The van der Waals surface area contributed by atoms with E-state index < -0.39 is 6.04 Å². The quantitative estimate of drug-likeness (QED) is 0.784. The van der Waals surface area contributed by atoms with Gasteiger partial charge in [0.25, 0.3) is 5.91 Å². The number of fused-ring (bicyclic) bond motifs is 1. The smallest absolute Gasteiger partial charge is 0.255 e. The zero-order valence-corrected chi connectivity index (χ0v) is 18.0. The number of nitrogens with zero attached hydrogens (tertiary/aromatic N) is 3. The van der Waals surface area contributed by atoms with Gasteiger partial charge in [-0.2, -0.15) is 0 Å². The zero-order chi connectivity index (χ0) is 22.0. The number of aryl methyl sites for hydroxylation is 2. The van der Waals surface area contributed by atoms with Gasteiger partial charge in [-0.05, 0) is 43.1 Å². The van der Waals surface area contributed by atoms with Gasteiger partial charge >= 0.3 is 0 Å². The molecule has 164 valence electrons. The average Bonchev–Trinajstić information content (AvgIpc) is 2.79. The lowest BCUT2D eigenvalue weighted by molar-refractivity contribution is -0.127. The molecule has 0 aliphatic carbocycles. The minimum Gasteiger partial charge on any atom is -0.493 e. The van der Waals surface area contributed by atoms with Gasteiger partial charge in [0.1, 0.15) is 11.8 Å². The molecule has 2 aliphatic heterocycles. The second kappa shape index (κ2) is 8.93. The van der Waals surface area contributed by atoms with E-state index in [0.29, 0.717) is 31.7 Å². The minimum absolute atomic E-state index is 0.102. The van der Waals surface area contributed by atoms with Crippen molar-refractivity contribution in [2.75, 3.05) is 33.3 Å². The van der Waals surface area contributed by atoms with Crippen molar-refractivity contribution in [3.05, 3.63) is 63.6 Å². The van der Waals surface area contributed by atoms with Crippen molar-refractivity contribution in [3.8, 4) is 5.75 Å². The van der Waals surface area contributed by atoms with Crippen LogP contribution in [0, 0.1) is 0 Å². The lowest BCUT2D eigenvalue weighted by Gasteiger charge is -2.38. The molecule has 0 bridgehead atoms. The molecule has 1 fully saturated rings. The molecule has 2 aliphatic rings. The van der Waals surface area contributed by atoms with E-state index in [-0.39, 0.29) is 17.4 Å². The van der Waals surface area contributed by atoms with Gasteiger partial charge in [0, 0.05) is 45.5 Å². The molecular weight excluding hydrogens is 396 g/mol. The van der Waals surface area contributed by atoms with E-state index in [4.69, 9.17) is 4.74 Å². The number of hydrogen-bond donors (Lipinski definition) is 1. The molecule has 3 heterocycles. The number of rotatable bonds is 4. The molecule has 2 aromatic rings. The minimum atomic E-state index is -0.425. The first-order chi connectivity index (χ1) is 14.9. The largest absolute Gasteiger partial charge is 0.493 e. The van der Waals surface area contributed by atoms with Crippen LogP contribution < -0.4 is 15.6 Å². The van der Waals surface area contributed by atoms with Crippen molar-refractivity contribution in [3.63, 3.8) is 0 Å². The zero-order valence-electron chi connectivity index (χ0n) is 18.0. The molecule has 4 rings (SSSR count). The van der Waals surface area contributed by atoms with Crippen molar-refractivity contribution in [2.24, 2.45) is 7.05 Å². The number of carbonyl (C=O) groups excluding carboxylic acids is 2. The number of ether oxygens (including phenoxy) is 1. The number of amides is 2. The summed E-state index contributed by atoms with van der Waals surface area (Å²) < 4.78 is 7.03. The monoisotopic (exact) mass is 424 g/mol. The van der Waals surface area contributed by atoms with Crippen LogP contribution in [0.4, 0.5) is 0 Å². The highest BCUT2D eigenvalue weighted by Gasteiger charge is 2.32. The SMILES string of the molecule is CN1CCN(C(=O)c2ccc(=O)n(C)c2)C[C@H]1C(=O)NCc1ccc2c(c1)CCCO2. The maximum atomic E-state index is 12.9. The first-order valence-corrected chi connectivity index (χ1v) is 10.6. The van der Waals surface area contributed by atoms with Crippen LogP contribution >= 0.6 is 0 Å². The average molecular weight is 425 g/mol. The lowest BCUT2D eigenvalue weighted by atomic mass is 10.0. The van der Waals surface area contributed by atoms with Crippen molar-refractivity contribution in [2.45, 2.75) is 25.4 Å². The van der Waals surface area contributed by atoms with Crippen LogP contribution in [0.3, 0.4) is 0 Å². The lowest BCUT2D eigenvalue weighted by Crippen LogP contribution is -2.58. The van der Waals surface area contributed by atoms with Crippen LogP contribution in [0.2, 0.25) is 0 Å². The Bertz CT molecular complexity index is 1050. The van der Waals surface area contributed by atoms with E-state index in [1.54, 1.807) is 11.9 Å². The molecule has 8 nitrogen and oxygen atoms in total. The third-order valence-corrected chi connectivity index (χ3v) is 6.01. The summed E-state index contributed by atoms with van der Waals surface area (Å²) in [6.07, 6.45) is 3.54. The third kappa shape index (κ3) is 4.64. The highest BCUT2D eigenvalue weighted by molar-refractivity contribution is 5.94. The van der Waals surface area contributed by atoms with Crippen LogP contribution in [0.1, 0.15) is 27.9 Å². The van der Waals surface area contributed by atoms with E-state index >= 15 is 0 Å². The van der Waals surface area contributed by atoms with E-state index in [0.717, 1.165) is 30.8 Å². The molecular formula is C23H28N4O4. The van der Waals surface area contributed by atoms with Crippen LogP contribution in [0.25, 0.3) is 0 Å². The van der Waals surface area contributed by atoms with E-state index in [1.807, 2.05) is 24.1 Å². The predicted octanol–water partition coefficient (Wildman–Crippen LogP) is 0.783. The molecule has 2 amide bonds. The molecule has 0 radical (unpaired) electrons. The fourth-order valence-electron chi connectivity index (χ4n) is 4.07. The Kier molecular flexibility index (Phi) is 6.08. The number of likely N-dealkylation sites (N-methyl/N-ethyl adjacent to an activating group) is 1. The van der Waals surface area contributed by atoms with Gasteiger partial charge in [-0.15, -0.1) is 0 Å². The van der Waals surface area contributed by atoms with Crippen molar-refractivity contribution < 1.29 is 14.3 Å². The Morgan fingerprint density at radius 2 is 2.00 bits per heavy atom. The topological polar surface area (TPSA) is 83.9 Å². The van der Waals surface area contributed by atoms with Gasteiger partial charge < -0.3 is 19.5 Å². The van der Waals surface area contributed by atoms with Crippen LogP contribution in [0.15, 0.2) is 41.3 Å². The van der Waals surface area contributed by atoms with E-state index in [9.17, 15) is 14.4 Å². The first kappa shape index (κ1) is 21.1. The number of benzene rings is 1. The number of piperazine rings is 1. The molecule has 1 N–H and O–H groups in total. The van der Waals surface area contributed by atoms with Crippen LogP contribution in [-0.2, 0) is 24.8 Å². The van der Waals surface area contributed by atoms with Gasteiger partial charge in [-0.1, -0.05) is 12.1 Å².